The molecule has 0 N–H and O–H groups in total. The number of nitrogens with zero attached hydrogens (tertiary/aromatic N) is 1. The summed E-state index contributed by atoms with van der Waals surface area (Å²) in [5.74, 6) is 1.10. The van der Waals surface area contributed by atoms with Gasteiger partial charge in [-0.15, -0.1) is 0 Å². The smallest absolute Gasteiger partial charge is 0.244 e. The molecule has 8 heteroatoms. The number of rotatable bonds is 6. The average molecular weight is 390 g/mol. The first-order valence-electron chi connectivity index (χ1n) is 6.92. The average Bonchev–Trinajstić information content (AvgIpc) is 2.56. The van der Waals surface area contributed by atoms with Crippen molar-refractivity contribution in [3.63, 3.8) is 0 Å². The van der Waals surface area contributed by atoms with Crippen molar-refractivity contribution in [2.24, 2.45) is 0 Å². The van der Waals surface area contributed by atoms with E-state index in [1.165, 1.54) is 43.8 Å². The fourth-order valence-corrected chi connectivity index (χ4v) is 4.06. The molecule has 0 aliphatic heterocycles. The van der Waals surface area contributed by atoms with Crippen molar-refractivity contribution in [1.82, 2.24) is 4.31 Å². The van der Waals surface area contributed by atoms with Crippen LogP contribution in [-0.2, 0) is 16.6 Å². The summed E-state index contributed by atoms with van der Waals surface area (Å²) >= 11 is 11.9. The van der Waals surface area contributed by atoms with E-state index >= 15 is 0 Å². The van der Waals surface area contributed by atoms with Gasteiger partial charge in [0.05, 0.1) is 19.2 Å². The maximum absolute atomic E-state index is 12.7. The summed E-state index contributed by atoms with van der Waals surface area (Å²) in [6.45, 7) is 0.144. The molecular formula is C16H17Cl2NO4S. The number of methoxy groups -OCH3 is 2. The van der Waals surface area contributed by atoms with E-state index < -0.39 is 10.0 Å². The predicted octanol–water partition coefficient (Wildman–Crippen LogP) is 3.83. The van der Waals surface area contributed by atoms with Gasteiger partial charge in [-0.05, 0) is 35.9 Å². The Morgan fingerprint density at radius 1 is 1.00 bits per heavy atom. The normalized spacial score (nSPS) is 11.6. The first kappa shape index (κ1) is 18.9. The summed E-state index contributed by atoms with van der Waals surface area (Å²) in [5, 5.41) is 0.427. The van der Waals surface area contributed by atoms with Gasteiger partial charge in [0.15, 0.2) is 11.5 Å². The van der Waals surface area contributed by atoms with Crippen molar-refractivity contribution in [3.8, 4) is 11.5 Å². The van der Waals surface area contributed by atoms with E-state index in [0.29, 0.717) is 16.5 Å². The molecule has 0 aromatic heterocycles. The minimum Gasteiger partial charge on any atom is -0.493 e. The molecule has 2 rings (SSSR count). The van der Waals surface area contributed by atoms with Crippen molar-refractivity contribution in [2.75, 3.05) is 21.3 Å². The van der Waals surface area contributed by atoms with Crippen molar-refractivity contribution >= 4 is 33.2 Å². The van der Waals surface area contributed by atoms with E-state index in [0.717, 1.165) is 5.56 Å². The van der Waals surface area contributed by atoms with Crippen molar-refractivity contribution in [2.45, 2.75) is 11.4 Å². The van der Waals surface area contributed by atoms with Crippen LogP contribution >= 0.6 is 23.2 Å². The van der Waals surface area contributed by atoms with Gasteiger partial charge in [0.25, 0.3) is 0 Å². The zero-order valence-electron chi connectivity index (χ0n) is 13.4. The molecule has 0 bridgehead atoms. The quantitative estimate of drug-likeness (QED) is 0.752. The largest absolute Gasteiger partial charge is 0.493 e. The van der Waals surface area contributed by atoms with Crippen LogP contribution in [0.2, 0.25) is 10.0 Å². The highest BCUT2D eigenvalue weighted by molar-refractivity contribution is 7.89. The lowest BCUT2D eigenvalue weighted by Crippen LogP contribution is -2.26. The van der Waals surface area contributed by atoms with E-state index in [1.54, 1.807) is 18.2 Å². The molecule has 0 amide bonds. The zero-order chi connectivity index (χ0) is 17.9. The lowest BCUT2D eigenvalue weighted by molar-refractivity contribution is 0.354. The minimum atomic E-state index is -3.78. The Hall–Kier alpha value is -1.47. The van der Waals surface area contributed by atoms with Gasteiger partial charge < -0.3 is 9.47 Å². The number of benzene rings is 2. The lowest BCUT2D eigenvalue weighted by atomic mass is 10.2. The molecule has 0 saturated heterocycles. The monoisotopic (exact) mass is 389 g/mol. The third-order valence-electron chi connectivity index (χ3n) is 3.43. The summed E-state index contributed by atoms with van der Waals surface area (Å²) in [4.78, 5) is -0.0281. The Bertz CT molecular complexity index is 840. The van der Waals surface area contributed by atoms with E-state index in [2.05, 4.69) is 0 Å². The van der Waals surface area contributed by atoms with Gasteiger partial charge in [-0.3, -0.25) is 0 Å². The molecule has 0 fully saturated rings. The van der Waals surface area contributed by atoms with Crippen LogP contribution in [0.1, 0.15) is 5.56 Å². The van der Waals surface area contributed by atoms with Gasteiger partial charge >= 0.3 is 0 Å². The van der Waals surface area contributed by atoms with Crippen LogP contribution in [0, 0.1) is 0 Å². The van der Waals surface area contributed by atoms with Crippen LogP contribution < -0.4 is 9.47 Å². The van der Waals surface area contributed by atoms with Gasteiger partial charge in [0.1, 0.15) is 4.90 Å². The topological polar surface area (TPSA) is 55.8 Å². The molecule has 0 atom stereocenters. The summed E-state index contributed by atoms with van der Waals surface area (Å²) < 4.78 is 37.0. The molecule has 2 aromatic carbocycles. The van der Waals surface area contributed by atoms with Gasteiger partial charge in [-0.2, -0.15) is 4.31 Å². The summed E-state index contributed by atoms with van der Waals surface area (Å²) in [6.07, 6.45) is 0. The summed E-state index contributed by atoms with van der Waals surface area (Å²) in [7, 11) is 0.753. The fourth-order valence-electron chi connectivity index (χ4n) is 2.16. The number of sulfonamides is 1. The second kappa shape index (κ2) is 7.61. The Morgan fingerprint density at radius 3 is 2.29 bits per heavy atom. The third kappa shape index (κ3) is 3.95. The van der Waals surface area contributed by atoms with Crippen LogP contribution in [0.5, 0.6) is 11.5 Å². The first-order chi connectivity index (χ1) is 11.3. The van der Waals surface area contributed by atoms with Gasteiger partial charge in [-0.1, -0.05) is 29.3 Å². The molecule has 5 nitrogen and oxygen atoms in total. The Balaban J connectivity index is 2.31. The Morgan fingerprint density at radius 2 is 1.67 bits per heavy atom. The fraction of sp³-hybridized carbons (Fsp3) is 0.250. The number of halogens is 2. The molecule has 0 unspecified atom stereocenters. The summed E-state index contributed by atoms with van der Waals surface area (Å²) in [5.41, 5.74) is 0.747. The molecule has 0 spiro atoms. The molecule has 0 heterocycles. The van der Waals surface area contributed by atoms with Crippen molar-refractivity contribution < 1.29 is 17.9 Å². The number of hydrogen-bond donors (Lipinski definition) is 0. The highest BCUT2D eigenvalue weighted by Gasteiger charge is 2.24. The van der Waals surface area contributed by atoms with Crippen LogP contribution in [0.4, 0.5) is 0 Å². The molecule has 24 heavy (non-hydrogen) atoms. The molecule has 0 radical (unpaired) electrons. The molecule has 2 aromatic rings. The SMILES string of the molecule is COc1ccc(CN(C)S(=O)(=O)c2cc(Cl)ccc2Cl)cc1OC. The number of ether oxygens (including phenoxy) is 2. The predicted molar refractivity (Wildman–Crippen MR) is 94.7 cm³/mol. The summed E-state index contributed by atoms with van der Waals surface area (Å²) in [6, 6.07) is 9.56. The molecule has 0 saturated carbocycles. The second-order valence-corrected chi connectivity index (χ2v) is 7.88. The molecule has 0 aliphatic carbocycles. The van der Waals surface area contributed by atoms with E-state index in [1.807, 2.05) is 0 Å². The molecular weight excluding hydrogens is 373 g/mol. The van der Waals surface area contributed by atoms with Gasteiger partial charge in [-0.25, -0.2) is 8.42 Å². The standard InChI is InChI=1S/C16H17Cl2NO4S/c1-19(10-11-4-7-14(22-2)15(8-11)23-3)24(20,21)16-9-12(17)5-6-13(16)18/h4-9H,10H2,1-3H3. The van der Waals surface area contributed by atoms with E-state index in [9.17, 15) is 8.42 Å². The maximum atomic E-state index is 12.7. The van der Waals surface area contributed by atoms with E-state index in [-0.39, 0.29) is 16.5 Å². The second-order valence-electron chi connectivity index (χ2n) is 5.03. The van der Waals surface area contributed by atoms with Gasteiger partial charge in [0, 0.05) is 18.6 Å². The van der Waals surface area contributed by atoms with Gasteiger partial charge in [0.2, 0.25) is 10.0 Å². The van der Waals surface area contributed by atoms with Crippen LogP contribution in [0.15, 0.2) is 41.3 Å². The Kier molecular flexibility index (Phi) is 5.98. The first-order valence-corrected chi connectivity index (χ1v) is 9.11. The van der Waals surface area contributed by atoms with E-state index in [4.69, 9.17) is 32.7 Å². The minimum absolute atomic E-state index is 0.0281. The van der Waals surface area contributed by atoms with Crippen LogP contribution in [-0.4, -0.2) is 34.0 Å². The van der Waals surface area contributed by atoms with Crippen LogP contribution in [0.3, 0.4) is 0 Å². The zero-order valence-corrected chi connectivity index (χ0v) is 15.7. The van der Waals surface area contributed by atoms with Crippen molar-refractivity contribution in [3.05, 3.63) is 52.0 Å². The highest BCUT2D eigenvalue weighted by Crippen LogP contribution is 2.30. The molecule has 130 valence electrons. The number of hydrogen-bond acceptors (Lipinski definition) is 4. The Labute approximate surface area is 151 Å². The highest BCUT2D eigenvalue weighted by atomic mass is 35.5. The lowest BCUT2D eigenvalue weighted by Gasteiger charge is -2.19. The van der Waals surface area contributed by atoms with Crippen molar-refractivity contribution in [1.29, 1.82) is 0 Å². The molecule has 0 aliphatic rings. The third-order valence-corrected chi connectivity index (χ3v) is 5.95. The maximum Gasteiger partial charge on any atom is 0.244 e. The van der Waals surface area contributed by atoms with Crippen LogP contribution in [0.25, 0.3) is 0 Å².